The van der Waals surface area contributed by atoms with Gasteiger partial charge in [0.05, 0.1) is 0 Å². The summed E-state index contributed by atoms with van der Waals surface area (Å²) in [5.74, 6) is 0. The van der Waals surface area contributed by atoms with Gasteiger partial charge in [0.15, 0.2) is 0 Å². The van der Waals surface area contributed by atoms with Crippen LogP contribution in [0.4, 0.5) is 4.79 Å². The lowest BCUT2D eigenvalue weighted by Gasteiger charge is -2.05. The molecule has 0 fully saturated rings. The maximum absolute atomic E-state index is 10.4. The quantitative estimate of drug-likeness (QED) is 0.594. The normalized spacial score (nSPS) is 10.1. The molecular formula is C13H21N3O. The molecule has 0 aliphatic rings. The number of primary amides is 1. The number of carbonyl (C=O) groups excluding carboxylic acids is 1. The Bertz CT molecular complexity index is 314. The summed E-state index contributed by atoms with van der Waals surface area (Å²) in [6.07, 6.45) is 3.45. The van der Waals surface area contributed by atoms with Gasteiger partial charge in [-0.2, -0.15) is 0 Å². The van der Waals surface area contributed by atoms with Gasteiger partial charge in [-0.15, -0.1) is 0 Å². The van der Waals surface area contributed by atoms with Gasteiger partial charge in [0, 0.05) is 13.1 Å². The van der Waals surface area contributed by atoms with Crippen LogP contribution in [0, 0.1) is 0 Å². The first kappa shape index (κ1) is 13.5. The van der Waals surface area contributed by atoms with E-state index < -0.39 is 6.03 Å². The Labute approximate surface area is 103 Å². The Kier molecular flexibility index (Phi) is 6.82. The van der Waals surface area contributed by atoms with Crippen molar-refractivity contribution in [2.24, 2.45) is 5.73 Å². The zero-order chi connectivity index (χ0) is 12.3. The van der Waals surface area contributed by atoms with Crippen molar-refractivity contribution in [1.29, 1.82) is 0 Å². The second kappa shape index (κ2) is 8.58. The molecule has 0 aromatic heterocycles. The average molecular weight is 235 g/mol. The van der Waals surface area contributed by atoms with Crippen molar-refractivity contribution in [1.82, 2.24) is 10.6 Å². The van der Waals surface area contributed by atoms with Gasteiger partial charge in [0.2, 0.25) is 0 Å². The molecule has 1 rings (SSSR count). The van der Waals surface area contributed by atoms with E-state index >= 15 is 0 Å². The summed E-state index contributed by atoms with van der Waals surface area (Å²) in [5.41, 5.74) is 6.33. The van der Waals surface area contributed by atoms with Crippen LogP contribution in [-0.4, -0.2) is 25.7 Å². The number of hydrogen-bond donors (Lipinski definition) is 3. The summed E-state index contributed by atoms with van der Waals surface area (Å²) < 4.78 is 0. The highest BCUT2D eigenvalue weighted by atomic mass is 16.2. The van der Waals surface area contributed by atoms with Gasteiger partial charge in [-0.25, -0.2) is 4.79 Å². The van der Waals surface area contributed by atoms with E-state index in [1.807, 2.05) is 6.07 Å². The number of rotatable bonds is 8. The van der Waals surface area contributed by atoms with Gasteiger partial charge >= 0.3 is 6.03 Å². The fourth-order valence-corrected chi connectivity index (χ4v) is 1.62. The molecule has 1 aromatic carbocycles. The van der Waals surface area contributed by atoms with Gasteiger partial charge in [-0.05, 0) is 31.4 Å². The van der Waals surface area contributed by atoms with Crippen LogP contribution in [0.1, 0.15) is 18.4 Å². The van der Waals surface area contributed by atoms with Crippen molar-refractivity contribution >= 4 is 6.03 Å². The first-order valence-corrected chi connectivity index (χ1v) is 6.07. The highest BCUT2D eigenvalue weighted by Gasteiger charge is 1.93. The number of amides is 2. The average Bonchev–Trinajstić information content (AvgIpc) is 2.33. The molecule has 0 aliphatic carbocycles. The molecule has 4 N–H and O–H groups in total. The SMILES string of the molecule is NC(=O)NCCNCCCCc1ccccc1. The van der Waals surface area contributed by atoms with Gasteiger partial charge in [0.1, 0.15) is 0 Å². The van der Waals surface area contributed by atoms with Crippen LogP contribution < -0.4 is 16.4 Å². The third kappa shape index (κ3) is 7.36. The number of hydrogen-bond acceptors (Lipinski definition) is 2. The second-order valence-corrected chi connectivity index (χ2v) is 3.98. The second-order valence-electron chi connectivity index (χ2n) is 3.98. The molecule has 1 aromatic rings. The number of benzene rings is 1. The lowest BCUT2D eigenvalue weighted by atomic mass is 10.1. The van der Waals surface area contributed by atoms with Crippen molar-refractivity contribution in [3.05, 3.63) is 35.9 Å². The fraction of sp³-hybridized carbons (Fsp3) is 0.462. The predicted octanol–water partition coefficient (Wildman–Crippen LogP) is 1.27. The van der Waals surface area contributed by atoms with Crippen molar-refractivity contribution in [2.45, 2.75) is 19.3 Å². The van der Waals surface area contributed by atoms with Crippen LogP contribution >= 0.6 is 0 Å². The summed E-state index contributed by atoms with van der Waals surface area (Å²) in [5, 5.41) is 5.80. The molecule has 0 spiro atoms. The molecule has 0 aliphatic heterocycles. The molecular weight excluding hydrogens is 214 g/mol. The summed E-state index contributed by atoms with van der Waals surface area (Å²) in [6, 6.07) is 10.0. The van der Waals surface area contributed by atoms with Crippen LogP contribution in [-0.2, 0) is 6.42 Å². The molecule has 4 nitrogen and oxygen atoms in total. The molecule has 0 unspecified atom stereocenters. The zero-order valence-electron chi connectivity index (χ0n) is 10.1. The zero-order valence-corrected chi connectivity index (χ0v) is 10.1. The van der Waals surface area contributed by atoms with Crippen LogP contribution in [0.15, 0.2) is 30.3 Å². The molecule has 17 heavy (non-hydrogen) atoms. The largest absolute Gasteiger partial charge is 0.352 e. The van der Waals surface area contributed by atoms with Crippen LogP contribution in [0.3, 0.4) is 0 Å². The maximum atomic E-state index is 10.4. The minimum atomic E-state index is -0.462. The maximum Gasteiger partial charge on any atom is 0.312 e. The minimum absolute atomic E-state index is 0.462. The van der Waals surface area contributed by atoms with E-state index in [2.05, 4.69) is 34.9 Å². The van der Waals surface area contributed by atoms with Crippen molar-refractivity contribution < 1.29 is 4.79 Å². The Morgan fingerprint density at radius 3 is 2.53 bits per heavy atom. The van der Waals surface area contributed by atoms with E-state index in [1.54, 1.807) is 0 Å². The highest BCUT2D eigenvalue weighted by Crippen LogP contribution is 2.03. The summed E-state index contributed by atoms with van der Waals surface area (Å²) in [4.78, 5) is 10.4. The number of nitrogens with one attached hydrogen (secondary N) is 2. The smallest absolute Gasteiger partial charge is 0.312 e. The Morgan fingerprint density at radius 2 is 1.82 bits per heavy atom. The standard InChI is InChI=1S/C13H21N3O/c14-13(17)16-11-10-15-9-5-4-8-12-6-2-1-3-7-12/h1-3,6-7,15H,4-5,8-11H2,(H3,14,16,17). The summed E-state index contributed by atoms with van der Waals surface area (Å²) >= 11 is 0. The third-order valence-corrected chi connectivity index (χ3v) is 2.51. The highest BCUT2D eigenvalue weighted by molar-refractivity contribution is 5.71. The van der Waals surface area contributed by atoms with E-state index in [0.29, 0.717) is 6.54 Å². The molecule has 0 heterocycles. The molecule has 0 bridgehead atoms. The number of aryl methyl sites for hydroxylation is 1. The monoisotopic (exact) mass is 235 g/mol. The lowest BCUT2D eigenvalue weighted by molar-refractivity contribution is 0.249. The molecule has 4 heteroatoms. The van der Waals surface area contributed by atoms with Crippen molar-refractivity contribution in [3.8, 4) is 0 Å². The number of urea groups is 1. The van der Waals surface area contributed by atoms with E-state index in [-0.39, 0.29) is 0 Å². The number of unbranched alkanes of at least 4 members (excludes halogenated alkanes) is 1. The molecule has 0 radical (unpaired) electrons. The number of nitrogens with two attached hydrogens (primary N) is 1. The predicted molar refractivity (Wildman–Crippen MR) is 69.8 cm³/mol. The first-order chi connectivity index (χ1) is 8.29. The van der Waals surface area contributed by atoms with Gasteiger partial charge in [0.25, 0.3) is 0 Å². The van der Waals surface area contributed by atoms with Crippen LogP contribution in [0.5, 0.6) is 0 Å². The molecule has 0 saturated carbocycles. The van der Waals surface area contributed by atoms with Gasteiger partial charge < -0.3 is 16.4 Å². The van der Waals surface area contributed by atoms with Gasteiger partial charge in [-0.1, -0.05) is 30.3 Å². The summed E-state index contributed by atoms with van der Waals surface area (Å²) in [6.45, 7) is 2.34. The molecule has 2 amide bonds. The van der Waals surface area contributed by atoms with Crippen molar-refractivity contribution in [3.63, 3.8) is 0 Å². The lowest BCUT2D eigenvalue weighted by Crippen LogP contribution is -2.35. The molecule has 0 atom stereocenters. The van der Waals surface area contributed by atoms with Gasteiger partial charge in [-0.3, -0.25) is 0 Å². The Balaban J connectivity index is 1.90. The van der Waals surface area contributed by atoms with Crippen LogP contribution in [0.25, 0.3) is 0 Å². The van der Waals surface area contributed by atoms with Crippen LogP contribution in [0.2, 0.25) is 0 Å². The summed E-state index contributed by atoms with van der Waals surface area (Å²) in [7, 11) is 0. The third-order valence-electron chi connectivity index (χ3n) is 2.51. The van der Waals surface area contributed by atoms with Crippen molar-refractivity contribution in [2.75, 3.05) is 19.6 Å². The van der Waals surface area contributed by atoms with E-state index in [0.717, 1.165) is 25.9 Å². The van der Waals surface area contributed by atoms with E-state index in [9.17, 15) is 4.79 Å². The minimum Gasteiger partial charge on any atom is -0.352 e. The number of carbonyl (C=O) groups is 1. The van der Waals surface area contributed by atoms with E-state index in [4.69, 9.17) is 5.73 Å². The first-order valence-electron chi connectivity index (χ1n) is 6.07. The fourth-order valence-electron chi connectivity index (χ4n) is 1.62. The Morgan fingerprint density at radius 1 is 1.06 bits per heavy atom. The topological polar surface area (TPSA) is 67.2 Å². The molecule has 0 saturated heterocycles. The molecule has 94 valence electrons. The van der Waals surface area contributed by atoms with E-state index in [1.165, 1.54) is 12.0 Å². The Hall–Kier alpha value is -1.55.